The number of carbonyl (C=O) groups excluding carboxylic acids is 1. The lowest BCUT2D eigenvalue weighted by molar-refractivity contribution is 0.0938. The number of amides is 1. The molecule has 1 aromatic rings. The van der Waals surface area contributed by atoms with Crippen LogP contribution in [0.15, 0.2) is 18.5 Å². The van der Waals surface area contributed by atoms with E-state index >= 15 is 0 Å². The van der Waals surface area contributed by atoms with Crippen LogP contribution < -0.4 is 11.1 Å². The summed E-state index contributed by atoms with van der Waals surface area (Å²) in [5, 5.41) is 3.00. The van der Waals surface area contributed by atoms with Gasteiger partial charge in [-0.25, -0.2) is 0 Å². The highest BCUT2D eigenvalue weighted by molar-refractivity contribution is 5.94. The number of rotatable bonds is 3. The molecular formula is C16H22N4O. The maximum absolute atomic E-state index is 12.1. The summed E-state index contributed by atoms with van der Waals surface area (Å²) in [6.07, 6.45) is 5.47. The van der Waals surface area contributed by atoms with Crippen molar-refractivity contribution in [3.05, 3.63) is 29.6 Å². The van der Waals surface area contributed by atoms with Crippen LogP contribution in [0.25, 0.3) is 0 Å². The highest BCUT2D eigenvalue weighted by atomic mass is 16.1. The van der Waals surface area contributed by atoms with Gasteiger partial charge in [-0.05, 0) is 45.0 Å². The molecule has 0 aliphatic carbocycles. The van der Waals surface area contributed by atoms with Crippen molar-refractivity contribution < 1.29 is 4.79 Å². The fourth-order valence-electron chi connectivity index (χ4n) is 2.39. The summed E-state index contributed by atoms with van der Waals surface area (Å²) in [7, 11) is 2.13. The molecule has 0 saturated carbocycles. The van der Waals surface area contributed by atoms with Gasteiger partial charge in [0.05, 0.1) is 12.1 Å². The molecule has 0 unspecified atom stereocenters. The van der Waals surface area contributed by atoms with Crippen LogP contribution >= 0.6 is 0 Å². The monoisotopic (exact) mass is 286 g/mol. The van der Waals surface area contributed by atoms with Crippen LogP contribution in [-0.4, -0.2) is 49.0 Å². The smallest absolute Gasteiger partial charge is 0.252 e. The van der Waals surface area contributed by atoms with Crippen LogP contribution in [-0.2, 0) is 0 Å². The van der Waals surface area contributed by atoms with Gasteiger partial charge >= 0.3 is 0 Å². The standard InChI is InChI=1S/C16H22N4O/c1-20-7-4-13(5-8-20)11-19-16(21)15-9-14(3-2-6-17)10-18-12-15/h9-10,12-13H,4-8,11,17H2,1H3,(H,19,21). The average molecular weight is 286 g/mol. The minimum Gasteiger partial charge on any atom is -0.352 e. The molecular weight excluding hydrogens is 264 g/mol. The van der Waals surface area contributed by atoms with Gasteiger partial charge in [0.15, 0.2) is 0 Å². The SMILES string of the molecule is CN1CCC(CNC(=O)c2cncc(C#CCN)c2)CC1. The Kier molecular flexibility index (Phi) is 5.73. The second kappa shape index (κ2) is 7.77. The maximum Gasteiger partial charge on any atom is 0.252 e. The van der Waals surface area contributed by atoms with Gasteiger partial charge in [0.2, 0.25) is 0 Å². The molecule has 1 aliphatic rings. The lowest BCUT2D eigenvalue weighted by atomic mass is 9.97. The summed E-state index contributed by atoms with van der Waals surface area (Å²) in [5.41, 5.74) is 6.60. The molecule has 1 amide bonds. The van der Waals surface area contributed by atoms with E-state index in [1.165, 1.54) is 0 Å². The fourth-order valence-corrected chi connectivity index (χ4v) is 2.39. The van der Waals surface area contributed by atoms with Crippen molar-refractivity contribution in [3.63, 3.8) is 0 Å². The van der Waals surface area contributed by atoms with Crippen molar-refractivity contribution in [1.82, 2.24) is 15.2 Å². The number of piperidine rings is 1. The van der Waals surface area contributed by atoms with Crippen LogP contribution in [0.2, 0.25) is 0 Å². The molecule has 1 aliphatic heterocycles. The Labute approximate surface area is 125 Å². The molecule has 1 saturated heterocycles. The Balaban J connectivity index is 1.88. The van der Waals surface area contributed by atoms with E-state index < -0.39 is 0 Å². The van der Waals surface area contributed by atoms with Crippen LogP contribution in [0.5, 0.6) is 0 Å². The summed E-state index contributed by atoms with van der Waals surface area (Å²) >= 11 is 0. The lowest BCUT2D eigenvalue weighted by Crippen LogP contribution is -2.36. The molecule has 5 heteroatoms. The third-order valence-corrected chi connectivity index (χ3v) is 3.72. The Morgan fingerprint density at radius 3 is 2.95 bits per heavy atom. The highest BCUT2D eigenvalue weighted by Crippen LogP contribution is 2.14. The van der Waals surface area contributed by atoms with Gasteiger partial charge in [0.25, 0.3) is 5.91 Å². The molecule has 112 valence electrons. The van der Waals surface area contributed by atoms with Gasteiger partial charge in [0.1, 0.15) is 0 Å². The molecule has 0 spiro atoms. The molecule has 0 bridgehead atoms. The Bertz CT molecular complexity index is 539. The van der Waals surface area contributed by atoms with Crippen LogP contribution in [0.3, 0.4) is 0 Å². The van der Waals surface area contributed by atoms with Crippen molar-refractivity contribution in [2.75, 3.05) is 33.2 Å². The molecule has 1 aromatic heterocycles. The van der Waals surface area contributed by atoms with E-state index in [1.54, 1.807) is 18.5 Å². The van der Waals surface area contributed by atoms with Crippen molar-refractivity contribution in [2.24, 2.45) is 11.7 Å². The third-order valence-electron chi connectivity index (χ3n) is 3.72. The van der Waals surface area contributed by atoms with Crippen molar-refractivity contribution in [1.29, 1.82) is 0 Å². The number of aromatic nitrogens is 1. The van der Waals surface area contributed by atoms with Crippen molar-refractivity contribution in [2.45, 2.75) is 12.8 Å². The quantitative estimate of drug-likeness (QED) is 0.792. The summed E-state index contributed by atoms with van der Waals surface area (Å²) in [5.74, 6) is 6.13. The number of nitrogens with zero attached hydrogens (tertiary/aromatic N) is 2. The molecule has 2 rings (SSSR count). The third kappa shape index (κ3) is 4.85. The number of hydrogen-bond donors (Lipinski definition) is 2. The number of pyridine rings is 1. The average Bonchev–Trinajstić information content (AvgIpc) is 2.52. The zero-order valence-electron chi connectivity index (χ0n) is 12.4. The van der Waals surface area contributed by atoms with Gasteiger partial charge < -0.3 is 16.0 Å². The number of likely N-dealkylation sites (tertiary alicyclic amines) is 1. The van der Waals surface area contributed by atoms with Gasteiger partial charge in [0, 0.05) is 24.5 Å². The number of hydrogen-bond acceptors (Lipinski definition) is 4. The van der Waals surface area contributed by atoms with Gasteiger partial charge in [-0.2, -0.15) is 0 Å². The molecule has 1 fully saturated rings. The second-order valence-electron chi connectivity index (χ2n) is 5.42. The topological polar surface area (TPSA) is 71.2 Å². The Hall–Kier alpha value is -1.90. The normalized spacial score (nSPS) is 16.1. The van der Waals surface area contributed by atoms with E-state index in [4.69, 9.17) is 5.73 Å². The molecule has 5 nitrogen and oxygen atoms in total. The minimum absolute atomic E-state index is 0.0853. The summed E-state index contributed by atoms with van der Waals surface area (Å²) in [4.78, 5) is 18.5. The molecule has 0 radical (unpaired) electrons. The fraction of sp³-hybridized carbons (Fsp3) is 0.500. The first kappa shape index (κ1) is 15.5. The molecule has 0 aromatic carbocycles. The lowest BCUT2D eigenvalue weighted by Gasteiger charge is -2.28. The summed E-state index contributed by atoms with van der Waals surface area (Å²) in [6.45, 7) is 3.23. The number of nitrogens with two attached hydrogens (primary N) is 1. The van der Waals surface area contributed by atoms with E-state index in [0.29, 0.717) is 23.6 Å². The van der Waals surface area contributed by atoms with E-state index in [9.17, 15) is 4.79 Å². The highest BCUT2D eigenvalue weighted by Gasteiger charge is 2.17. The number of nitrogens with one attached hydrogen (secondary N) is 1. The van der Waals surface area contributed by atoms with Gasteiger partial charge in [-0.1, -0.05) is 11.8 Å². The van der Waals surface area contributed by atoms with Crippen LogP contribution in [0, 0.1) is 17.8 Å². The molecule has 0 atom stereocenters. The van der Waals surface area contributed by atoms with Crippen LogP contribution in [0.4, 0.5) is 0 Å². The first-order valence-electron chi connectivity index (χ1n) is 7.29. The van der Waals surface area contributed by atoms with E-state index in [-0.39, 0.29) is 5.91 Å². The predicted octanol–water partition coefficient (Wildman–Crippen LogP) is 0.463. The number of carbonyl (C=O) groups is 1. The zero-order valence-corrected chi connectivity index (χ0v) is 12.4. The molecule has 2 heterocycles. The first-order valence-corrected chi connectivity index (χ1v) is 7.29. The summed E-state index contributed by atoms with van der Waals surface area (Å²) in [6, 6.07) is 1.75. The summed E-state index contributed by atoms with van der Waals surface area (Å²) < 4.78 is 0. The first-order chi connectivity index (χ1) is 10.2. The van der Waals surface area contributed by atoms with Crippen molar-refractivity contribution in [3.8, 4) is 11.8 Å². The van der Waals surface area contributed by atoms with Gasteiger partial charge in [-0.15, -0.1) is 0 Å². The Morgan fingerprint density at radius 1 is 1.48 bits per heavy atom. The molecule has 3 N–H and O–H groups in total. The molecule has 21 heavy (non-hydrogen) atoms. The zero-order chi connectivity index (χ0) is 15.1. The van der Waals surface area contributed by atoms with Gasteiger partial charge in [-0.3, -0.25) is 9.78 Å². The predicted molar refractivity (Wildman–Crippen MR) is 82.7 cm³/mol. The largest absolute Gasteiger partial charge is 0.352 e. The van der Waals surface area contributed by atoms with E-state index in [2.05, 4.69) is 34.1 Å². The van der Waals surface area contributed by atoms with E-state index in [1.807, 2.05) is 0 Å². The van der Waals surface area contributed by atoms with E-state index in [0.717, 1.165) is 32.5 Å². The van der Waals surface area contributed by atoms with Crippen molar-refractivity contribution >= 4 is 5.91 Å². The minimum atomic E-state index is -0.0853. The van der Waals surface area contributed by atoms with Crippen LogP contribution in [0.1, 0.15) is 28.8 Å². The maximum atomic E-state index is 12.1. The second-order valence-corrected chi connectivity index (χ2v) is 5.42. The Morgan fingerprint density at radius 2 is 2.24 bits per heavy atom.